The van der Waals surface area contributed by atoms with Gasteiger partial charge in [0, 0.05) is 0 Å². The zero-order valence-corrected chi connectivity index (χ0v) is 22.8. The van der Waals surface area contributed by atoms with Crippen molar-refractivity contribution in [1.82, 2.24) is 4.90 Å². The minimum Gasteiger partial charge on any atom is -0.269 e. The molecule has 0 N–H and O–H groups in total. The van der Waals surface area contributed by atoms with Gasteiger partial charge in [0.15, 0.2) is 0 Å². The van der Waals surface area contributed by atoms with Crippen LogP contribution in [0.15, 0.2) is 54.6 Å². The zero-order chi connectivity index (χ0) is 25.6. The van der Waals surface area contributed by atoms with Crippen molar-refractivity contribution in [3.05, 3.63) is 71.3 Å². The van der Waals surface area contributed by atoms with E-state index in [1.807, 2.05) is 30.3 Å². The first-order valence-corrected chi connectivity index (χ1v) is 14.6. The Hall–Kier alpha value is -2.42. The van der Waals surface area contributed by atoms with E-state index in [9.17, 15) is 9.59 Å². The van der Waals surface area contributed by atoms with Crippen LogP contribution in [0.5, 0.6) is 0 Å². The summed E-state index contributed by atoms with van der Waals surface area (Å²) in [5.74, 6) is -0.279. The average molecular weight is 490 g/mol. The summed E-state index contributed by atoms with van der Waals surface area (Å²) in [5.41, 5.74) is 1.73. The molecule has 1 aliphatic heterocycles. The van der Waals surface area contributed by atoms with Crippen LogP contribution in [0.4, 0.5) is 0 Å². The molecule has 0 bridgehead atoms. The van der Waals surface area contributed by atoms with Crippen molar-refractivity contribution >= 4 is 11.8 Å². The Morgan fingerprint density at radius 2 is 1.00 bits per heavy atom. The highest BCUT2D eigenvalue weighted by Crippen LogP contribution is 2.35. The number of unbranched alkanes of at least 4 members (excludes halogenated alkanes) is 13. The molecule has 1 aliphatic rings. The molecular formula is C33H47NO2. The summed E-state index contributed by atoms with van der Waals surface area (Å²) in [7, 11) is 0. The molecule has 0 aliphatic carbocycles. The van der Waals surface area contributed by atoms with Crippen molar-refractivity contribution in [1.29, 1.82) is 0 Å². The van der Waals surface area contributed by atoms with Crippen molar-refractivity contribution in [3.8, 4) is 0 Å². The maximum Gasteiger partial charge on any atom is 0.262 e. The first kappa shape index (κ1) is 28.2. The van der Waals surface area contributed by atoms with Crippen LogP contribution in [0.25, 0.3) is 0 Å². The summed E-state index contributed by atoms with van der Waals surface area (Å²) in [6, 6.07) is 17.5. The van der Waals surface area contributed by atoms with Gasteiger partial charge < -0.3 is 0 Å². The van der Waals surface area contributed by atoms with Crippen molar-refractivity contribution in [2.24, 2.45) is 0 Å². The van der Waals surface area contributed by atoms with Crippen LogP contribution in [0.1, 0.15) is 136 Å². The fourth-order valence-corrected chi connectivity index (χ4v) is 5.69. The Morgan fingerprint density at radius 1 is 0.583 bits per heavy atom. The summed E-state index contributed by atoms with van der Waals surface area (Å²) < 4.78 is 0. The number of hydrogen-bond acceptors (Lipinski definition) is 2. The smallest absolute Gasteiger partial charge is 0.262 e. The van der Waals surface area contributed by atoms with E-state index in [0.29, 0.717) is 17.5 Å². The highest BCUT2D eigenvalue weighted by Gasteiger charge is 2.45. The third kappa shape index (κ3) is 8.05. The predicted octanol–water partition coefficient (Wildman–Crippen LogP) is 9.16. The highest BCUT2D eigenvalue weighted by molar-refractivity contribution is 6.21. The number of rotatable bonds is 18. The van der Waals surface area contributed by atoms with Crippen molar-refractivity contribution in [2.45, 2.75) is 122 Å². The molecule has 1 heterocycles. The summed E-state index contributed by atoms with van der Waals surface area (Å²) >= 11 is 0. The summed E-state index contributed by atoms with van der Waals surface area (Å²) in [5, 5.41) is 0. The number of carbonyl (C=O) groups is 2. The predicted molar refractivity (Wildman–Crippen MR) is 150 cm³/mol. The Morgan fingerprint density at radius 3 is 1.47 bits per heavy atom. The van der Waals surface area contributed by atoms with Gasteiger partial charge in [-0.25, -0.2) is 0 Å². The molecule has 0 spiro atoms. The van der Waals surface area contributed by atoms with E-state index in [-0.39, 0.29) is 11.8 Å². The van der Waals surface area contributed by atoms with Gasteiger partial charge in [-0.15, -0.1) is 0 Å². The van der Waals surface area contributed by atoms with Gasteiger partial charge in [0.05, 0.1) is 16.7 Å². The van der Waals surface area contributed by atoms with Crippen LogP contribution in [0, 0.1) is 0 Å². The topological polar surface area (TPSA) is 37.4 Å². The van der Waals surface area contributed by atoms with Crippen LogP contribution in [0.2, 0.25) is 0 Å². The Kier molecular flexibility index (Phi) is 11.7. The van der Waals surface area contributed by atoms with Gasteiger partial charge in [0.2, 0.25) is 0 Å². The molecule has 2 aromatic carbocycles. The summed E-state index contributed by atoms with van der Waals surface area (Å²) in [4.78, 5) is 28.2. The van der Waals surface area contributed by atoms with E-state index in [4.69, 9.17) is 0 Å². The van der Waals surface area contributed by atoms with Crippen molar-refractivity contribution in [2.75, 3.05) is 0 Å². The van der Waals surface area contributed by atoms with E-state index in [1.54, 1.807) is 17.0 Å². The minimum absolute atomic E-state index is 0.139. The fourth-order valence-electron chi connectivity index (χ4n) is 5.69. The van der Waals surface area contributed by atoms with Gasteiger partial charge in [0.25, 0.3) is 11.8 Å². The Bertz CT molecular complexity index is 903. The average Bonchev–Trinajstić information content (AvgIpc) is 3.15. The zero-order valence-electron chi connectivity index (χ0n) is 22.8. The third-order valence-corrected chi connectivity index (χ3v) is 7.83. The van der Waals surface area contributed by atoms with E-state index < -0.39 is 5.54 Å². The number of hydrogen-bond donors (Lipinski definition) is 0. The molecule has 3 nitrogen and oxygen atoms in total. The van der Waals surface area contributed by atoms with Crippen LogP contribution < -0.4 is 0 Å². The molecule has 36 heavy (non-hydrogen) atoms. The normalized spacial score (nSPS) is 14.8. The molecule has 3 heteroatoms. The molecule has 2 aromatic rings. The van der Waals surface area contributed by atoms with E-state index in [0.717, 1.165) is 19.3 Å². The second-order valence-electron chi connectivity index (χ2n) is 11.0. The number of nitrogens with zero attached hydrogens (tertiary/aromatic N) is 1. The number of fused-ring (bicyclic) bond motifs is 1. The molecule has 0 saturated carbocycles. The molecule has 3 rings (SSSR count). The molecule has 1 unspecified atom stereocenters. The number of amides is 2. The molecular weight excluding hydrogens is 442 g/mol. The second-order valence-corrected chi connectivity index (χ2v) is 11.0. The van der Waals surface area contributed by atoms with Crippen molar-refractivity contribution < 1.29 is 9.59 Å². The van der Waals surface area contributed by atoms with Crippen LogP contribution >= 0.6 is 0 Å². The number of benzene rings is 2. The lowest BCUT2D eigenvalue weighted by Crippen LogP contribution is -2.51. The molecule has 2 amide bonds. The molecule has 0 radical (unpaired) electrons. The highest BCUT2D eigenvalue weighted by atomic mass is 16.2. The van der Waals surface area contributed by atoms with Gasteiger partial charge in [0.1, 0.15) is 0 Å². The summed E-state index contributed by atoms with van der Waals surface area (Å²) in [6.07, 6.45) is 20.1. The fraction of sp³-hybridized carbons (Fsp3) is 0.576. The van der Waals surface area contributed by atoms with Crippen LogP contribution in [0.3, 0.4) is 0 Å². The minimum atomic E-state index is -0.522. The SMILES string of the molecule is CCCCCCCCCCCCCCCCC(C)(Cc1ccccc1)N1C(=O)c2ccccc2C1=O. The van der Waals surface area contributed by atoms with Gasteiger partial charge in [-0.1, -0.05) is 139 Å². The second kappa shape index (κ2) is 15.0. The van der Waals surface area contributed by atoms with Gasteiger partial charge >= 0.3 is 0 Å². The quantitative estimate of drug-likeness (QED) is 0.155. The third-order valence-electron chi connectivity index (χ3n) is 7.83. The van der Waals surface area contributed by atoms with Crippen LogP contribution in [-0.2, 0) is 6.42 Å². The Balaban J connectivity index is 1.43. The van der Waals surface area contributed by atoms with Gasteiger partial charge in [-0.3, -0.25) is 14.5 Å². The maximum absolute atomic E-state index is 13.3. The first-order chi connectivity index (χ1) is 17.6. The molecule has 0 saturated heterocycles. The van der Waals surface area contributed by atoms with Gasteiger partial charge in [-0.05, 0) is 37.5 Å². The van der Waals surface area contributed by atoms with E-state index in [1.165, 1.54) is 82.6 Å². The molecule has 0 fully saturated rings. The maximum atomic E-state index is 13.3. The lowest BCUT2D eigenvalue weighted by molar-refractivity contribution is 0.0429. The number of carbonyl (C=O) groups excluding carboxylic acids is 2. The largest absolute Gasteiger partial charge is 0.269 e. The number of imide groups is 1. The standard InChI is InChI=1S/C33H47NO2/c1-3-4-5-6-7-8-9-10-11-12-13-14-15-21-26-33(2,27-28-22-17-16-18-23-28)34-31(35)29-24-19-20-25-30(29)32(34)36/h16-20,22-25H,3-15,21,26-27H2,1-2H3. The lowest BCUT2D eigenvalue weighted by Gasteiger charge is -2.38. The monoisotopic (exact) mass is 489 g/mol. The van der Waals surface area contributed by atoms with Crippen LogP contribution in [-0.4, -0.2) is 22.3 Å². The van der Waals surface area contributed by atoms with E-state index >= 15 is 0 Å². The van der Waals surface area contributed by atoms with E-state index in [2.05, 4.69) is 26.0 Å². The Labute approximate surface area is 219 Å². The molecule has 1 atom stereocenters. The molecule has 196 valence electrons. The lowest BCUT2D eigenvalue weighted by atomic mass is 9.85. The van der Waals surface area contributed by atoms with Gasteiger partial charge in [-0.2, -0.15) is 0 Å². The first-order valence-electron chi connectivity index (χ1n) is 14.6. The molecule has 0 aromatic heterocycles. The van der Waals surface area contributed by atoms with Crippen molar-refractivity contribution in [3.63, 3.8) is 0 Å². The summed E-state index contributed by atoms with van der Waals surface area (Å²) in [6.45, 7) is 4.38.